The smallest absolute Gasteiger partial charge is 0.386 e. The molecule has 19 heavy (non-hydrogen) atoms. The predicted octanol–water partition coefficient (Wildman–Crippen LogP) is 4.58. The van der Waals surface area contributed by atoms with Crippen molar-refractivity contribution >= 4 is 8.56 Å². The van der Waals surface area contributed by atoms with Crippen LogP contribution in [0.5, 0.6) is 0 Å². The van der Waals surface area contributed by atoms with Crippen LogP contribution in [0.25, 0.3) is 0 Å². The van der Waals surface area contributed by atoms with Gasteiger partial charge in [-0.25, -0.2) is 0 Å². The molecule has 0 atom stereocenters. The maximum absolute atomic E-state index is 6.50. The first-order valence-corrected chi connectivity index (χ1v) is 9.61. The Kier molecular flexibility index (Phi) is 5.04. The lowest BCUT2D eigenvalue weighted by atomic mass is 10.4. The van der Waals surface area contributed by atoms with Gasteiger partial charge in [-0.05, 0) is 76.6 Å². The van der Waals surface area contributed by atoms with Crippen molar-refractivity contribution in [2.45, 2.75) is 78.4 Å². The van der Waals surface area contributed by atoms with Gasteiger partial charge < -0.3 is 8.85 Å². The Hall–Kier alpha value is -0.383. The Bertz CT molecular complexity index is 333. The van der Waals surface area contributed by atoms with Gasteiger partial charge in [-0.1, -0.05) is 12.2 Å². The minimum absolute atomic E-state index is 0.230. The van der Waals surface area contributed by atoms with Crippen molar-refractivity contribution < 1.29 is 8.85 Å². The molecule has 0 fully saturated rings. The van der Waals surface area contributed by atoms with Crippen LogP contribution in [0, 0.1) is 0 Å². The quantitative estimate of drug-likeness (QED) is 0.663. The molecular weight excluding hydrogens is 252 g/mol. The van der Waals surface area contributed by atoms with Crippen LogP contribution >= 0.6 is 0 Å². The summed E-state index contributed by atoms with van der Waals surface area (Å²) >= 11 is 0. The standard InChI is InChI=1S/C16H28O2Si/c1-13(2)17-19(18-14(3)4,15-9-5-6-10-15)16-11-7-8-12-16/h9,11,13-14H,5-8,10,12H2,1-4H3. The molecule has 2 aliphatic carbocycles. The third kappa shape index (κ3) is 3.39. The van der Waals surface area contributed by atoms with Crippen molar-refractivity contribution in [3.63, 3.8) is 0 Å². The fourth-order valence-electron chi connectivity index (χ4n) is 3.14. The molecule has 0 unspecified atom stereocenters. The SMILES string of the molecule is CC(C)O[Si](OC(C)C)(C1=CCCC1)C1=CCCC1. The molecule has 0 aromatic rings. The molecule has 0 saturated carbocycles. The highest BCUT2D eigenvalue weighted by molar-refractivity contribution is 6.82. The highest BCUT2D eigenvalue weighted by atomic mass is 28.4. The van der Waals surface area contributed by atoms with E-state index in [4.69, 9.17) is 8.85 Å². The molecule has 3 heteroatoms. The second-order valence-corrected chi connectivity index (χ2v) is 9.18. The molecule has 2 rings (SSSR count). The number of hydrogen-bond donors (Lipinski definition) is 0. The zero-order valence-electron chi connectivity index (χ0n) is 12.9. The van der Waals surface area contributed by atoms with Gasteiger partial charge in [-0.15, -0.1) is 0 Å². The van der Waals surface area contributed by atoms with E-state index in [-0.39, 0.29) is 12.2 Å². The Labute approximate surface area is 119 Å². The fourth-order valence-corrected chi connectivity index (χ4v) is 7.38. The molecule has 0 amide bonds. The van der Waals surface area contributed by atoms with Gasteiger partial charge in [-0.3, -0.25) is 0 Å². The minimum Gasteiger partial charge on any atom is -0.386 e. The van der Waals surface area contributed by atoms with Crippen LogP contribution in [0.1, 0.15) is 66.2 Å². The van der Waals surface area contributed by atoms with Crippen LogP contribution in [0.4, 0.5) is 0 Å². The molecule has 2 nitrogen and oxygen atoms in total. The third-order valence-corrected chi connectivity index (χ3v) is 7.94. The van der Waals surface area contributed by atoms with Gasteiger partial charge >= 0.3 is 8.56 Å². The molecular formula is C16H28O2Si. The van der Waals surface area contributed by atoms with E-state index in [9.17, 15) is 0 Å². The summed E-state index contributed by atoms with van der Waals surface area (Å²) in [5.74, 6) is 0. The Morgan fingerprint density at radius 3 is 1.53 bits per heavy atom. The zero-order valence-corrected chi connectivity index (χ0v) is 13.9. The van der Waals surface area contributed by atoms with E-state index in [1.165, 1.54) is 48.9 Å². The van der Waals surface area contributed by atoms with Crippen molar-refractivity contribution in [3.8, 4) is 0 Å². The second-order valence-electron chi connectivity index (χ2n) is 6.19. The summed E-state index contributed by atoms with van der Waals surface area (Å²) in [5.41, 5.74) is 0. The first-order valence-electron chi connectivity index (χ1n) is 7.79. The number of allylic oxidation sites excluding steroid dienone is 4. The van der Waals surface area contributed by atoms with Crippen molar-refractivity contribution in [1.29, 1.82) is 0 Å². The Morgan fingerprint density at radius 2 is 1.26 bits per heavy atom. The van der Waals surface area contributed by atoms with Gasteiger partial charge in [0.25, 0.3) is 0 Å². The maximum Gasteiger partial charge on any atom is 0.398 e. The van der Waals surface area contributed by atoms with Gasteiger partial charge in [0.15, 0.2) is 0 Å². The second kappa shape index (κ2) is 6.38. The average molecular weight is 280 g/mol. The van der Waals surface area contributed by atoms with Gasteiger partial charge in [0.05, 0.1) is 0 Å². The van der Waals surface area contributed by atoms with Crippen molar-refractivity contribution in [2.24, 2.45) is 0 Å². The van der Waals surface area contributed by atoms with Crippen LogP contribution < -0.4 is 0 Å². The molecule has 108 valence electrons. The van der Waals surface area contributed by atoms with Gasteiger partial charge in [0, 0.05) is 12.2 Å². The first-order chi connectivity index (χ1) is 9.04. The summed E-state index contributed by atoms with van der Waals surface area (Å²) in [7, 11) is -2.33. The van der Waals surface area contributed by atoms with Crippen LogP contribution in [0.15, 0.2) is 22.5 Å². The van der Waals surface area contributed by atoms with E-state index in [0.29, 0.717) is 0 Å². The van der Waals surface area contributed by atoms with Gasteiger partial charge in [0.2, 0.25) is 0 Å². The Morgan fingerprint density at radius 1 is 0.842 bits per heavy atom. The minimum atomic E-state index is -2.33. The van der Waals surface area contributed by atoms with Crippen LogP contribution in [0.3, 0.4) is 0 Å². The third-order valence-electron chi connectivity index (χ3n) is 3.73. The highest BCUT2D eigenvalue weighted by Crippen LogP contribution is 2.39. The van der Waals surface area contributed by atoms with E-state index in [2.05, 4.69) is 39.8 Å². The molecule has 0 bridgehead atoms. The lowest BCUT2D eigenvalue weighted by Gasteiger charge is -2.36. The van der Waals surface area contributed by atoms with Gasteiger partial charge in [0.1, 0.15) is 0 Å². The molecule has 0 saturated heterocycles. The fraction of sp³-hybridized carbons (Fsp3) is 0.750. The van der Waals surface area contributed by atoms with Gasteiger partial charge in [-0.2, -0.15) is 0 Å². The summed E-state index contributed by atoms with van der Waals surface area (Å²) in [5, 5.41) is 2.98. The maximum atomic E-state index is 6.50. The molecule has 0 aromatic heterocycles. The molecule has 0 aliphatic heterocycles. The van der Waals surface area contributed by atoms with Crippen molar-refractivity contribution in [2.75, 3.05) is 0 Å². The first kappa shape index (κ1) is 15.0. The molecule has 0 spiro atoms. The topological polar surface area (TPSA) is 18.5 Å². The van der Waals surface area contributed by atoms with E-state index < -0.39 is 8.56 Å². The molecule has 0 radical (unpaired) electrons. The predicted molar refractivity (Wildman–Crippen MR) is 82.1 cm³/mol. The van der Waals surface area contributed by atoms with Crippen LogP contribution in [0.2, 0.25) is 0 Å². The summed E-state index contributed by atoms with van der Waals surface area (Å²) in [6, 6.07) is 0. The zero-order chi connectivity index (χ0) is 13.9. The summed E-state index contributed by atoms with van der Waals surface area (Å²) in [6.45, 7) is 8.54. The molecule has 0 heterocycles. The molecule has 2 aliphatic rings. The van der Waals surface area contributed by atoms with E-state index in [1.54, 1.807) is 0 Å². The average Bonchev–Trinajstić information content (AvgIpc) is 3.01. The summed E-state index contributed by atoms with van der Waals surface area (Å²) < 4.78 is 13.0. The van der Waals surface area contributed by atoms with E-state index in [0.717, 1.165) is 0 Å². The van der Waals surface area contributed by atoms with Crippen molar-refractivity contribution in [1.82, 2.24) is 0 Å². The summed E-state index contributed by atoms with van der Waals surface area (Å²) in [4.78, 5) is 0. The lowest BCUT2D eigenvalue weighted by Crippen LogP contribution is -2.50. The molecule has 0 N–H and O–H groups in total. The molecule has 0 aromatic carbocycles. The summed E-state index contributed by atoms with van der Waals surface area (Å²) in [6.07, 6.45) is 12.5. The Balaban J connectivity index is 2.36. The number of hydrogen-bond acceptors (Lipinski definition) is 2. The van der Waals surface area contributed by atoms with E-state index >= 15 is 0 Å². The lowest BCUT2D eigenvalue weighted by molar-refractivity contribution is 0.117. The highest BCUT2D eigenvalue weighted by Gasteiger charge is 2.48. The van der Waals surface area contributed by atoms with Crippen LogP contribution in [-0.4, -0.2) is 20.8 Å². The number of rotatable bonds is 6. The van der Waals surface area contributed by atoms with Crippen molar-refractivity contribution in [3.05, 3.63) is 22.5 Å². The largest absolute Gasteiger partial charge is 0.398 e. The van der Waals surface area contributed by atoms with E-state index in [1.807, 2.05) is 0 Å². The van der Waals surface area contributed by atoms with Crippen LogP contribution in [-0.2, 0) is 8.85 Å². The monoisotopic (exact) mass is 280 g/mol. The normalized spacial score (nSPS) is 20.3.